The van der Waals surface area contributed by atoms with Crippen LogP contribution in [0, 0.1) is 11.3 Å². The summed E-state index contributed by atoms with van der Waals surface area (Å²) >= 11 is 0. The molecule has 3 heteroatoms. The van der Waals surface area contributed by atoms with E-state index in [1.54, 1.807) is 7.11 Å². The van der Waals surface area contributed by atoms with E-state index in [0.717, 1.165) is 18.6 Å². The molecule has 0 fully saturated rings. The van der Waals surface area contributed by atoms with Gasteiger partial charge in [0.15, 0.2) is 0 Å². The van der Waals surface area contributed by atoms with E-state index in [-0.39, 0.29) is 0 Å². The minimum atomic E-state index is -0.395. The fourth-order valence-electron chi connectivity index (χ4n) is 2.14. The van der Waals surface area contributed by atoms with Crippen molar-refractivity contribution in [3.05, 3.63) is 34.9 Å². The SMILES string of the molecule is COc1ccc2c(c1)C=C(C[C@@H](N)C#N)CC2. The highest BCUT2D eigenvalue weighted by molar-refractivity contribution is 5.61. The fourth-order valence-corrected chi connectivity index (χ4v) is 2.14. The van der Waals surface area contributed by atoms with Crippen molar-refractivity contribution in [1.82, 2.24) is 0 Å². The van der Waals surface area contributed by atoms with Crippen LogP contribution in [-0.2, 0) is 6.42 Å². The molecule has 0 spiro atoms. The number of nitrogens with zero attached hydrogens (tertiary/aromatic N) is 1. The summed E-state index contributed by atoms with van der Waals surface area (Å²) in [6.45, 7) is 0. The number of nitriles is 1. The molecule has 1 aromatic carbocycles. The van der Waals surface area contributed by atoms with Gasteiger partial charge in [0.05, 0.1) is 19.2 Å². The molecule has 0 heterocycles. The largest absolute Gasteiger partial charge is 0.497 e. The van der Waals surface area contributed by atoms with Gasteiger partial charge in [0.2, 0.25) is 0 Å². The zero-order chi connectivity index (χ0) is 12.3. The van der Waals surface area contributed by atoms with E-state index in [4.69, 9.17) is 15.7 Å². The van der Waals surface area contributed by atoms with Crippen molar-refractivity contribution in [3.8, 4) is 11.8 Å². The van der Waals surface area contributed by atoms with Gasteiger partial charge in [-0.05, 0) is 42.5 Å². The first-order valence-corrected chi connectivity index (χ1v) is 5.74. The molecular formula is C14H16N2O. The third-order valence-corrected chi connectivity index (χ3v) is 3.08. The minimum Gasteiger partial charge on any atom is -0.497 e. The van der Waals surface area contributed by atoms with Crippen molar-refractivity contribution < 1.29 is 4.74 Å². The third kappa shape index (κ3) is 2.66. The van der Waals surface area contributed by atoms with E-state index in [1.807, 2.05) is 12.1 Å². The molecule has 1 aliphatic carbocycles. The number of aryl methyl sites for hydroxylation is 1. The van der Waals surface area contributed by atoms with Crippen LogP contribution >= 0.6 is 0 Å². The van der Waals surface area contributed by atoms with Crippen LogP contribution in [0.3, 0.4) is 0 Å². The number of hydrogen-bond donors (Lipinski definition) is 1. The van der Waals surface area contributed by atoms with Crippen LogP contribution in [0.5, 0.6) is 5.75 Å². The standard InChI is InChI=1S/C14H16N2O/c1-17-14-5-4-11-3-2-10(6-12(11)8-14)7-13(16)9-15/h4-6,8,13H,2-3,7,16H2,1H3/t13-/m1/s1. The van der Waals surface area contributed by atoms with Crippen molar-refractivity contribution in [2.75, 3.05) is 7.11 Å². The van der Waals surface area contributed by atoms with Crippen LogP contribution in [0.2, 0.25) is 0 Å². The molecule has 0 radical (unpaired) electrons. The van der Waals surface area contributed by atoms with E-state index in [0.29, 0.717) is 6.42 Å². The van der Waals surface area contributed by atoms with Crippen molar-refractivity contribution in [2.45, 2.75) is 25.3 Å². The average molecular weight is 228 g/mol. The molecule has 2 N–H and O–H groups in total. The van der Waals surface area contributed by atoms with E-state index in [9.17, 15) is 0 Å². The summed E-state index contributed by atoms with van der Waals surface area (Å²) in [6, 6.07) is 7.80. The Morgan fingerprint density at radius 3 is 3.00 bits per heavy atom. The molecule has 17 heavy (non-hydrogen) atoms. The Morgan fingerprint density at radius 2 is 2.29 bits per heavy atom. The molecule has 1 aliphatic rings. The van der Waals surface area contributed by atoms with E-state index in [2.05, 4.69) is 18.2 Å². The van der Waals surface area contributed by atoms with Crippen LogP contribution in [-0.4, -0.2) is 13.2 Å². The number of ether oxygens (including phenoxy) is 1. The van der Waals surface area contributed by atoms with Crippen molar-refractivity contribution in [3.63, 3.8) is 0 Å². The predicted molar refractivity (Wildman–Crippen MR) is 67.5 cm³/mol. The summed E-state index contributed by atoms with van der Waals surface area (Å²) in [5, 5.41) is 8.72. The monoisotopic (exact) mass is 228 g/mol. The lowest BCUT2D eigenvalue weighted by Crippen LogP contribution is -2.18. The molecule has 0 unspecified atom stereocenters. The minimum absolute atomic E-state index is 0.395. The quantitative estimate of drug-likeness (QED) is 0.863. The summed E-state index contributed by atoms with van der Waals surface area (Å²) in [4.78, 5) is 0. The number of hydrogen-bond acceptors (Lipinski definition) is 3. The van der Waals surface area contributed by atoms with Crippen LogP contribution in [0.15, 0.2) is 23.8 Å². The van der Waals surface area contributed by atoms with Crippen LogP contribution in [0.25, 0.3) is 6.08 Å². The zero-order valence-electron chi connectivity index (χ0n) is 9.94. The van der Waals surface area contributed by atoms with Gasteiger partial charge in [0, 0.05) is 0 Å². The number of fused-ring (bicyclic) bond motifs is 1. The summed E-state index contributed by atoms with van der Waals surface area (Å²) in [6.07, 6.45) is 4.81. The van der Waals surface area contributed by atoms with E-state index >= 15 is 0 Å². The molecule has 0 aromatic heterocycles. The molecule has 1 aromatic rings. The van der Waals surface area contributed by atoms with Crippen LogP contribution < -0.4 is 10.5 Å². The van der Waals surface area contributed by atoms with Crippen molar-refractivity contribution in [2.24, 2.45) is 5.73 Å². The smallest absolute Gasteiger partial charge is 0.119 e. The fraction of sp³-hybridized carbons (Fsp3) is 0.357. The second-order valence-corrected chi connectivity index (χ2v) is 4.31. The molecule has 0 aliphatic heterocycles. The zero-order valence-corrected chi connectivity index (χ0v) is 9.94. The first-order chi connectivity index (χ1) is 8.22. The van der Waals surface area contributed by atoms with E-state index in [1.165, 1.54) is 16.7 Å². The summed E-state index contributed by atoms with van der Waals surface area (Å²) in [5.41, 5.74) is 9.43. The lowest BCUT2D eigenvalue weighted by molar-refractivity contribution is 0.414. The average Bonchev–Trinajstić information content (AvgIpc) is 2.37. The topological polar surface area (TPSA) is 59.0 Å². The molecule has 1 atom stereocenters. The Labute approximate surface area is 102 Å². The molecular weight excluding hydrogens is 212 g/mol. The summed E-state index contributed by atoms with van der Waals surface area (Å²) in [7, 11) is 1.67. The number of benzene rings is 1. The number of nitrogens with two attached hydrogens (primary N) is 1. The van der Waals surface area contributed by atoms with Crippen molar-refractivity contribution in [1.29, 1.82) is 5.26 Å². The maximum Gasteiger partial charge on any atom is 0.119 e. The predicted octanol–water partition coefficient (Wildman–Crippen LogP) is 2.27. The lowest BCUT2D eigenvalue weighted by Gasteiger charge is -2.17. The van der Waals surface area contributed by atoms with Gasteiger partial charge < -0.3 is 10.5 Å². The van der Waals surface area contributed by atoms with Gasteiger partial charge in [-0.1, -0.05) is 17.7 Å². The Kier molecular flexibility index (Phi) is 3.46. The third-order valence-electron chi connectivity index (χ3n) is 3.08. The normalized spacial score (nSPS) is 15.5. The van der Waals surface area contributed by atoms with Gasteiger partial charge in [0.25, 0.3) is 0 Å². The van der Waals surface area contributed by atoms with Gasteiger partial charge >= 0.3 is 0 Å². The van der Waals surface area contributed by atoms with Crippen molar-refractivity contribution >= 4 is 6.08 Å². The molecule has 0 saturated carbocycles. The molecule has 88 valence electrons. The Morgan fingerprint density at radius 1 is 1.47 bits per heavy atom. The number of methoxy groups -OCH3 is 1. The van der Waals surface area contributed by atoms with Gasteiger partial charge in [-0.25, -0.2) is 0 Å². The molecule has 3 nitrogen and oxygen atoms in total. The second kappa shape index (κ2) is 5.03. The van der Waals surface area contributed by atoms with Gasteiger partial charge in [-0.2, -0.15) is 5.26 Å². The Balaban J connectivity index is 2.24. The lowest BCUT2D eigenvalue weighted by atomic mass is 9.89. The maximum absolute atomic E-state index is 8.72. The first-order valence-electron chi connectivity index (χ1n) is 5.74. The highest BCUT2D eigenvalue weighted by atomic mass is 16.5. The number of rotatable bonds is 3. The maximum atomic E-state index is 8.72. The highest BCUT2D eigenvalue weighted by Gasteiger charge is 2.13. The van der Waals surface area contributed by atoms with Gasteiger partial charge in [-0.3, -0.25) is 0 Å². The Bertz CT molecular complexity index is 485. The molecule has 0 bridgehead atoms. The second-order valence-electron chi connectivity index (χ2n) is 4.31. The van der Waals surface area contributed by atoms with Gasteiger partial charge in [0.1, 0.15) is 5.75 Å². The van der Waals surface area contributed by atoms with Crippen LogP contribution in [0.4, 0.5) is 0 Å². The molecule has 0 amide bonds. The summed E-state index contributed by atoms with van der Waals surface area (Å²) < 4.78 is 5.21. The first kappa shape index (κ1) is 11.7. The van der Waals surface area contributed by atoms with E-state index < -0.39 is 6.04 Å². The Hall–Kier alpha value is -1.79. The van der Waals surface area contributed by atoms with Crippen LogP contribution in [0.1, 0.15) is 24.0 Å². The molecule has 0 saturated heterocycles. The van der Waals surface area contributed by atoms with Gasteiger partial charge in [-0.15, -0.1) is 0 Å². The summed E-state index contributed by atoms with van der Waals surface area (Å²) in [5.74, 6) is 0.867. The highest BCUT2D eigenvalue weighted by Crippen LogP contribution is 2.28. The molecule has 2 rings (SSSR count).